The highest BCUT2D eigenvalue weighted by atomic mass is 16.2. The van der Waals surface area contributed by atoms with Crippen molar-refractivity contribution in [3.63, 3.8) is 0 Å². The van der Waals surface area contributed by atoms with Gasteiger partial charge in [-0.15, -0.1) is 0 Å². The summed E-state index contributed by atoms with van der Waals surface area (Å²) in [5, 5.41) is 0. The zero-order valence-electron chi connectivity index (χ0n) is 12.5. The Kier molecular flexibility index (Phi) is 4.75. The first kappa shape index (κ1) is 15.3. The third kappa shape index (κ3) is 3.49. The number of aromatic nitrogens is 2. The summed E-state index contributed by atoms with van der Waals surface area (Å²) in [6.45, 7) is 5.24. The number of hydrogen-bond donors (Lipinski definition) is 1. The predicted molar refractivity (Wildman–Crippen MR) is 83.6 cm³/mol. The average Bonchev–Trinajstić information content (AvgIpc) is 2.47. The highest BCUT2D eigenvalue weighted by molar-refractivity contribution is 5.24. The van der Waals surface area contributed by atoms with E-state index in [9.17, 15) is 9.59 Å². The van der Waals surface area contributed by atoms with E-state index in [-0.39, 0.29) is 24.3 Å². The predicted octanol–water partition coefficient (Wildman–Crippen LogP) is 1.14. The molecule has 1 aromatic carbocycles. The van der Waals surface area contributed by atoms with E-state index in [0.29, 0.717) is 12.5 Å². The lowest BCUT2D eigenvalue weighted by Crippen LogP contribution is -2.40. The molecule has 112 valence electrons. The summed E-state index contributed by atoms with van der Waals surface area (Å²) in [7, 11) is 0. The van der Waals surface area contributed by atoms with E-state index in [0.717, 1.165) is 5.56 Å². The summed E-state index contributed by atoms with van der Waals surface area (Å²) in [6.07, 6.45) is 1.54. The van der Waals surface area contributed by atoms with Crippen LogP contribution in [0, 0.1) is 0 Å². The van der Waals surface area contributed by atoms with Crippen LogP contribution >= 0.6 is 0 Å². The Labute approximate surface area is 123 Å². The first-order valence-corrected chi connectivity index (χ1v) is 7.12. The summed E-state index contributed by atoms with van der Waals surface area (Å²) >= 11 is 0. The second-order valence-electron chi connectivity index (χ2n) is 5.40. The van der Waals surface area contributed by atoms with E-state index < -0.39 is 0 Å². The fraction of sp³-hybridized carbons (Fsp3) is 0.375. The molecule has 5 heteroatoms. The van der Waals surface area contributed by atoms with Crippen LogP contribution in [0.4, 0.5) is 0 Å². The van der Waals surface area contributed by atoms with Gasteiger partial charge in [-0.25, -0.2) is 4.79 Å². The zero-order valence-corrected chi connectivity index (χ0v) is 12.5. The van der Waals surface area contributed by atoms with Gasteiger partial charge in [0.05, 0.1) is 6.54 Å². The molecule has 21 heavy (non-hydrogen) atoms. The lowest BCUT2D eigenvalue weighted by atomic mass is 10.0. The quantitative estimate of drug-likeness (QED) is 0.896. The van der Waals surface area contributed by atoms with Crippen LogP contribution in [-0.2, 0) is 13.1 Å². The minimum atomic E-state index is -0.319. The summed E-state index contributed by atoms with van der Waals surface area (Å²) in [5.41, 5.74) is 7.10. The maximum atomic E-state index is 12.2. The van der Waals surface area contributed by atoms with Gasteiger partial charge in [-0.2, -0.15) is 0 Å². The van der Waals surface area contributed by atoms with Crippen molar-refractivity contribution in [2.45, 2.75) is 32.9 Å². The lowest BCUT2D eigenvalue weighted by Gasteiger charge is -2.10. The van der Waals surface area contributed by atoms with E-state index in [4.69, 9.17) is 5.73 Å². The molecule has 0 unspecified atom stereocenters. The van der Waals surface area contributed by atoms with Crippen molar-refractivity contribution >= 4 is 0 Å². The summed E-state index contributed by atoms with van der Waals surface area (Å²) in [5.74, 6) is 0.480. The second kappa shape index (κ2) is 6.54. The van der Waals surface area contributed by atoms with E-state index >= 15 is 0 Å². The van der Waals surface area contributed by atoms with Gasteiger partial charge in [0.2, 0.25) is 0 Å². The second-order valence-corrected chi connectivity index (χ2v) is 5.40. The average molecular weight is 287 g/mol. The van der Waals surface area contributed by atoms with Gasteiger partial charge in [-0.05, 0) is 17.0 Å². The normalized spacial score (nSPS) is 11.0. The van der Waals surface area contributed by atoms with Gasteiger partial charge in [0.1, 0.15) is 0 Å². The SMILES string of the molecule is CC(C)c1ccc(Cn2ccc(=O)n(CCN)c2=O)cc1. The van der Waals surface area contributed by atoms with Crippen molar-refractivity contribution in [2.24, 2.45) is 5.73 Å². The Morgan fingerprint density at radius 1 is 1.10 bits per heavy atom. The van der Waals surface area contributed by atoms with Crippen molar-refractivity contribution in [1.29, 1.82) is 0 Å². The smallest absolute Gasteiger partial charge is 0.329 e. The molecular formula is C16H21N3O2. The zero-order chi connectivity index (χ0) is 15.4. The molecule has 0 bridgehead atoms. The molecule has 0 radical (unpaired) electrons. The van der Waals surface area contributed by atoms with Crippen molar-refractivity contribution < 1.29 is 0 Å². The van der Waals surface area contributed by atoms with E-state index in [2.05, 4.69) is 26.0 Å². The molecule has 0 fully saturated rings. The Balaban J connectivity index is 2.29. The van der Waals surface area contributed by atoms with Gasteiger partial charge < -0.3 is 5.73 Å². The monoisotopic (exact) mass is 287 g/mol. The van der Waals surface area contributed by atoms with Gasteiger partial charge in [-0.1, -0.05) is 38.1 Å². The third-order valence-corrected chi connectivity index (χ3v) is 3.49. The molecule has 2 aromatic rings. The van der Waals surface area contributed by atoms with Gasteiger partial charge in [0.25, 0.3) is 5.56 Å². The molecule has 5 nitrogen and oxygen atoms in total. The molecule has 0 saturated heterocycles. The van der Waals surface area contributed by atoms with Crippen molar-refractivity contribution in [3.8, 4) is 0 Å². The molecule has 0 amide bonds. The molecule has 0 aliphatic carbocycles. The lowest BCUT2D eigenvalue weighted by molar-refractivity contribution is 0.579. The first-order valence-electron chi connectivity index (χ1n) is 7.12. The maximum Gasteiger partial charge on any atom is 0.331 e. The van der Waals surface area contributed by atoms with Crippen LogP contribution in [0.2, 0.25) is 0 Å². The highest BCUT2D eigenvalue weighted by Gasteiger charge is 2.05. The van der Waals surface area contributed by atoms with E-state index in [1.165, 1.54) is 27.0 Å². The van der Waals surface area contributed by atoms with Gasteiger partial charge in [-0.3, -0.25) is 13.9 Å². The maximum absolute atomic E-state index is 12.2. The number of rotatable bonds is 5. The fourth-order valence-electron chi connectivity index (χ4n) is 2.22. The number of benzene rings is 1. The van der Waals surface area contributed by atoms with Crippen LogP contribution in [-0.4, -0.2) is 15.7 Å². The summed E-state index contributed by atoms with van der Waals surface area (Å²) in [6, 6.07) is 9.57. The van der Waals surface area contributed by atoms with Crippen molar-refractivity contribution in [2.75, 3.05) is 6.54 Å². The Hall–Kier alpha value is -2.14. The molecular weight excluding hydrogens is 266 g/mol. The Bertz CT molecular complexity index is 712. The molecule has 0 atom stereocenters. The van der Waals surface area contributed by atoms with Gasteiger partial charge in [0.15, 0.2) is 0 Å². The standard InChI is InChI=1S/C16H21N3O2/c1-12(2)14-5-3-13(4-6-14)11-18-9-7-15(20)19(10-8-17)16(18)21/h3-7,9,12H,8,10-11,17H2,1-2H3. The minimum Gasteiger partial charge on any atom is -0.329 e. The Morgan fingerprint density at radius 2 is 1.76 bits per heavy atom. The van der Waals surface area contributed by atoms with Crippen LogP contribution in [0.15, 0.2) is 46.1 Å². The van der Waals surface area contributed by atoms with Crippen LogP contribution < -0.4 is 17.0 Å². The Morgan fingerprint density at radius 3 is 2.33 bits per heavy atom. The van der Waals surface area contributed by atoms with E-state index in [1.807, 2.05) is 12.1 Å². The molecule has 0 aliphatic rings. The molecule has 2 rings (SSSR count). The fourth-order valence-corrected chi connectivity index (χ4v) is 2.22. The van der Waals surface area contributed by atoms with E-state index in [1.54, 1.807) is 0 Å². The van der Waals surface area contributed by atoms with Gasteiger partial charge in [0, 0.05) is 25.4 Å². The number of nitrogens with zero attached hydrogens (tertiary/aromatic N) is 2. The molecule has 0 saturated carbocycles. The summed E-state index contributed by atoms with van der Waals surface area (Å²) < 4.78 is 2.70. The third-order valence-electron chi connectivity index (χ3n) is 3.49. The van der Waals surface area contributed by atoms with Crippen LogP contribution in [0.1, 0.15) is 30.9 Å². The minimum absolute atomic E-state index is 0.241. The topological polar surface area (TPSA) is 70.0 Å². The molecule has 1 aromatic heterocycles. The summed E-state index contributed by atoms with van der Waals surface area (Å²) in [4.78, 5) is 23.9. The van der Waals surface area contributed by atoms with Crippen molar-refractivity contribution in [3.05, 3.63) is 68.5 Å². The molecule has 0 aliphatic heterocycles. The number of nitrogens with two attached hydrogens (primary N) is 1. The van der Waals surface area contributed by atoms with Crippen molar-refractivity contribution in [1.82, 2.24) is 9.13 Å². The van der Waals surface area contributed by atoms with Crippen LogP contribution in [0.25, 0.3) is 0 Å². The largest absolute Gasteiger partial charge is 0.331 e. The molecule has 0 spiro atoms. The molecule has 2 N–H and O–H groups in total. The van der Waals surface area contributed by atoms with Gasteiger partial charge >= 0.3 is 5.69 Å². The molecule has 1 heterocycles. The number of hydrogen-bond acceptors (Lipinski definition) is 3. The van der Waals surface area contributed by atoms with Crippen LogP contribution in [0.3, 0.4) is 0 Å². The first-order chi connectivity index (χ1) is 10.0. The van der Waals surface area contributed by atoms with Crippen LogP contribution in [0.5, 0.6) is 0 Å². The highest BCUT2D eigenvalue weighted by Crippen LogP contribution is 2.14.